The number of unbranched alkanes of at least 4 members (excludes halogenated alkanes) is 7. The van der Waals surface area contributed by atoms with Crippen molar-refractivity contribution in [3.8, 4) is 0 Å². The van der Waals surface area contributed by atoms with E-state index in [9.17, 15) is 0 Å². The van der Waals surface area contributed by atoms with Gasteiger partial charge in [-0.25, -0.2) is 0 Å². The van der Waals surface area contributed by atoms with E-state index >= 15 is 0 Å². The standard InChI is InChI=1S/C16H32N2/c1-3-4-5-6-7-8-9-10-11-15(2)14-16-17-12-13-18-16/h15H,3-14H2,1-2H3,(H,17,18). The maximum absolute atomic E-state index is 4.47. The van der Waals surface area contributed by atoms with E-state index < -0.39 is 0 Å². The molecule has 2 nitrogen and oxygen atoms in total. The van der Waals surface area contributed by atoms with Crippen LogP contribution < -0.4 is 5.32 Å². The predicted molar refractivity (Wildman–Crippen MR) is 81.3 cm³/mol. The van der Waals surface area contributed by atoms with E-state index in [1.54, 1.807) is 0 Å². The van der Waals surface area contributed by atoms with Crippen LogP contribution in [0.2, 0.25) is 0 Å². The highest BCUT2D eigenvalue weighted by Gasteiger charge is 2.09. The van der Waals surface area contributed by atoms with Crippen LogP contribution in [0.3, 0.4) is 0 Å². The molecule has 1 aliphatic heterocycles. The highest BCUT2D eigenvalue weighted by atomic mass is 15.1. The number of hydrogen-bond donors (Lipinski definition) is 1. The zero-order valence-electron chi connectivity index (χ0n) is 12.5. The normalized spacial score (nSPS) is 16.4. The molecular formula is C16H32N2. The van der Waals surface area contributed by atoms with Gasteiger partial charge in [0, 0.05) is 13.0 Å². The van der Waals surface area contributed by atoms with Crippen molar-refractivity contribution in [2.24, 2.45) is 10.9 Å². The molecular weight excluding hydrogens is 220 g/mol. The van der Waals surface area contributed by atoms with Crippen LogP contribution in [0.15, 0.2) is 4.99 Å². The van der Waals surface area contributed by atoms with E-state index in [-0.39, 0.29) is 0 Å². The van der Waals surface area contributed by atoms with Gasteiger partial charge in [-0.05, 0) is 5.92 Å². The summed E-state index contributed by atoms with van der Waals surface area (Å²) in [6.45, 7) is 6.69. The second kappa shape index (κ2) is 10.4. The van der Waals surface area contributed by atoms with Crippen LogP contribution in [-0.2, 0) is 0 Å². The first-order valence-electron chi connectivity index (χ1n) is 8.10. The van der Waals surface area contributed by atoms with E-state index in [0.29, 0.717) is 0 Å². The minimum absolute atomic E-state index is 0.800. The number of nitrogens with zero attached hydrogens (tertiary/aromatic N) is 1. The highest BCUT2D eigenvalue weighted by Crippen LogP contribution is 2.16. The Labute approximate surface area is 114 Å². The smallest absolute Gasteiger partial charge is 0.0967 e. The summed E-state index contributed by atoms with van der Waals surface area (Å²) in [5, 5.41) is 3.37. The summed E-state index contributed by atoms with van der Waals surface area (Å²) in [6, 6.07) is 0. The molecule has 0 saturated heterocycles. The van der Waals surface area contributed by atoms with Gasteiger partial charge in [-0.1, -0.05) is 71.6 Å². The lowest BCUT2D eigenvalue weighted by molar-refractivity contribution is 0.490. The van der Waals surface area contributed by atoms with Crippen molar-refractivity contribution in [3.05, 3.63) is 0 Å². The molecule has 0 amide bonds. The fourth-order valence-electron chi connectivity index (χ4n) is 2.64. The SMILES string of the molecule is CCCCCCCCCCC(C)CC1=NCCN1. The first-order chi connectivity index (χ1) is 8.83. The molecule has 1 aliphatic rings. The van der Waals surface area contributed by atoms with Crippen molar-refractivity contribution in [2.75, 3.05) is 13.1 Å². The fraction of sp³-hybridized carbons (Fsp3) is 0.938. The number of nitrogens with one attached hydrogen (secondary N) is 1. The van der Waals surface area contributed by atoms with E-state index in [4.69, 9.17) is 0 Å². The van der Waals surface area contributed by atoms with E-state index in [0.717, 1.165) is 25.4 Å². The van der Waals surface area contributed by atoms with Gasteiger partial charge >= 0.3 is 0 Å². The number of rotatable bonds is 11. The van der Waals surface area contributed by atoms with Gasteiger partial charge in [0.2, 0.25) is 0 Å². The molecule has 0 fully saturated rings. The molecule has 0 aromatic rings. The lowest BCUT2D eigenvalue weighted by Crippen LogP contribution is -2.20. The molecule has 0 radical (unpaired) electrons. The van der Waals surface area contributed by atoms with E-state index in [1.807, 2.05) is 0 Å². The van der Waals surface area contributed by atoms with Crippen molar-refractivity contribution in [2.45, 2.75) is 78.1 Å². The van der Waals surface area contributed by atoms with Crippen molar-refractivity contribution < 1.29 is 0 Å². The number of hydrogen-bond acceptors (Lipinski definition) is 2. The Morgan fingerprint density at radius 1 is 1.06 bits per heavy atom. The first kappa shape index (κ1) is 15.5. The van der Waals surface area contributed by atoms with Gasteiger partial charge in [-0.15, -0.1) is 0 Å². The molecule has 0 aliphatic carbocycles. The average molecular weight is 252 g/mol. The fourth-order valence-corrected chi connectivity index (χ4v) is 2.64. The number of amidine groups is 1. The quantitative estimate of drug-likeness (QED) is 0.536. The third-order valence-electron chi connectivity index (χ3n) is 3.84. The molecule has 106 valence electrons. The third-order valence-corrected chi connectivity index (χ3v) is 3.84. The Morgan fingerprint density at radius 3 is 2.33 bits per heavy atom. The van der Waals surface area contributed by atoms with Crippen LogP contribution in [0.25, 0.3) is 0 Å². The molecule has 1 N–H and O–H groups in total. The van der Waals surface area contributed by atoms with Crippen LogP contribution in [0.5, 0.6) is 0 Å². The molecule has 0 aromatic heterocycles. The second-order valence-electron chi connectivity index (χ2n) is 5.83. The minimum Gasteiger partial charge on any atom is -0.372 e. The monoisotopic (exact) mass is 252 g/mol. The predicted octanol–water partition coefficient (Wildman–Crippen LogP) is 4.55. The Hall–Kier alpha value is -0.530. The largest absolute Gasteiger partial charge is 0.372 e. The van der Waals surface area contributed by atoms with Gasteiger partial charge in [0.15, 0.2) is 0 Å². The Morgan fingerprint density at radius 2 is 1.72 bits per heavy atom. The van der Waals surface area contributed by atoms with Gasteiger partial charge in [0.1, 0.15) is 0 Å². The van der Waals surface area contributed by atoms with Crippen LogP contribution in [0.1, 0.15) is 78.1 Å². The molecule has 0 bridgehead atoms. The summed E-state index contributed by atoms with van der Waals surface area (Å²) in [7, 11) is 0. The van der Waals surface area contributed by atoms with Crippen LogP contribution in [-0.4, -0.2) is 18.9 Å². The average Bonchev–Trinajstić information content (AvgIpc) is 2.85. The molecule has 2 heteroatoms. The van der Waals surface area contributed by atoms with Crippen molar-refractivity contribution in [1.82, 2.24) is 5.32 Å². The van der Waals surface area contributed by atoms with Gasteiger partial charge in [0.05, 0.1) is 12.4 Å². The van der Waals surface area contributed by atoms with Gasteiger partial charge in [-0.3, -0.25) is 4.99 Å². The molecule has 1 heterocycles. The van der Waals surface area contributed by atoms with Crippen molar-refractivity contribution >= 4 is 5.84 Å². The Balaban J connectivity index is 1.84. The van der Waals surface area contributed by atoms with E-state index in [2.05, 4.69) is 24.2 Å². The molecule has 0 saturated carbocycles. The van der Waals surface area contributed by atoms with Gasteiger partial charge < -0.3 is 5.32 Å². The zero-order chi connectivity index (χ0) is 13.1. The van der Waals surface area contributed by atoms with Crippen molar-refractivity contribution in [1.29, 1.82) is 0 Å². The van der Waals surface area contributed by atoms with Crippen molar-refractivity contribution in [3.63, 3.8) is 0 Å². The zero-order valence-corrected chi connectivity index (χ0v) is 12.5. The summed E-state index contributed by atoms with van der Waals surface area (Å²) in [4.78, 5) is 4.47. The Kier molecular flexibility index (Phi) is 8.97. The minimum atomic E-state index is 0.800. The lowest BCUT2D eigenvalue weighted by atomic mass is 9.98. The molecule has 1 unspecified atom stereocenters. The summed E-state index contributed by atoms with van der Waals surface area (Å²) in [6.07, 6.45) is 13.9. The highest BCUT2D eigenvalue weighted by molar-refractivity contribution is 5.83. The summed E-state index contributed by atoms with van der Waals surface area (Å²) in [5.41, 5.74) is 0. The molecule has 0 spiro atoms. The third kappa shape index (κ3) is 7.73. The summed E-state index contributed by atoms with van der Waals surface area (Å²) in [5.74, 6) is 2.05. The maximum atomic E-state index is 4.47. The molecule has 0 aromatic carbocycles. The molecule has 18 heavy (non-hydrogen) atoms. The lowest BCUT2D eigenvalue weighted by Gasteiger charge is -2.11. The summed E-state index contributed by atoms with van der Waals surface area (Å²) >= 11 is 0. The van der Waals surface area contributed by atoms with Gasteiger partial charge in [-0.2, -0.15) is 0 Å². The van der Waals surface area contributed by atoms with Crippen LogP contribution >= 0.6 is 0 Å². The van der Waals surface area contributed by atoms with E-state index in [1.165, 1.54) is 63.6 Å². The molecule has 1 rings (SSSR count). The van der Waals surface area contributed by atoms with Crippen LogP contribution in [0, 0.1) is 5.92 Å². The number of aliphatic imine (C=N–C) groups is 1. The van der Waals surface area contributed by atoms with Crippen LogP contribution in [0.4, 0.5) is 0 Å². The second-order valence-corrected chi connectivity index (χ2v) is 5.83. The Bertz CT molecular complexity index is 223. The summed E-state index contributed by atoms with van der Waals surface area (Å²) < 4.78 is 0. The topological polar surface area (TPSA) is 24.4 Å². The van der Waals surface area contributed by atoms with Gasteiger partial charge in [0.25, 0.3) is 0 Å². The molecule has 1 atom stereocenters. The maximum Gasteiger partial charge on any atom is 0.0967 e. The first-order valence-corrected chi connectivity index (χ1v) is 8.10.